The van der Waals surface area contributed by atoms with Crippen LogP contribution in [0.1, 0.15) is 35.1 Å². The number of amides is 1. The average molecular weight is 381 g/mol. The molecule has 0 atom stereocenters. The van der Waals surface area contributed by atoms with Gasteiger partial charge in [-0.05, 0) is 5.92 Å². The van der Waals surface area contributed by atoms with Crippen LogP contribution in [0.3, 0.4) is 0 Å². The van der Waals surface area contributed by atoms with Crippen LogP contribution in [0.15, 0.2) is 0 Å². The van der Waals surface area contributed by atoms with E-state index in [0.717, 1.165) is 4.88 Å². The van der Waals surface area contributed by atoms with Crippen LogP contribution >= 0.6 is 22.9 Å². The third-order valence-electron chi connectivity index (χ3n) is 3.67. The molecule has 1 amide bonds. The Morgan fingerprint density at radius 2 is 1.83 bits per heavy atom. The van der Waals surface area contributed by atoms with E-state index in [-0.39, 0.29) is 24.9 Å². The number of halogens is 1. The van der Waals surface area contributed by atoms with Crippen LogP contribution in [-0.4, -0.2) is 73.1 Å². The van der Waals surface area contributed by atoms with Crippen LogP contribution in [-0.2, 0) is 10.2 Å². The molecule has 1 aromatic rings. The van der Waals surface area contributed by atoms with E-state index in [0.29, 0.717) is 23.3 Å². The fourth-order valence-electron chi connectivity index (χ4n) is 2.35. The molecule has 0 spiro atoms. The lowest BCUT2D eigenvalue weighted by molar-refractivity contribution is 0.0688. The molecular formula is C13H21ClN4O3S2. The highest BCUT2D eigenvalue weighted by Crippen LogP contribution is 2.30. The molecule has 1 aromatic heterocycles. The molecule has 0 N–H and O–H groups in total. The number of carbonyl (C=O) groups is 1. The van der Waals surface area contributed by atoms with Crippen LogP contribution in [0.2, 0.25) is 4.47 Å². The number of aromatic nitrogens is 1. The van der Waals surface area contributed by atoms with Crippen molar-refractivity contribution in [1.82, 2.24) is 18.5 Å². The smallest absolute Gasteiger partial charge is 0.281 e. The second kappa shape index (κ2) is 7.02. The topological polar surface area (TPSA) is 73.8 Å². The summed E-state index contributed by atoms with van der Waals surface area (Å²) >= 11 is 7.27. The summed E-state index contributed by atoms with van der Waals surface area (Å²) in [6.45, 7) is 5.23. The minimum atomic E-state index is -3.44. The van der Waals surface area contributed by atoms with Crippen LogP contribution in [0, 0.1) is 0 Å². The lowest BCUT2D eigenvalue weighted by atomic mass is 10.1. The van der Waals surface area contributed by atoms with Crippen LogP contribution in [0.25, 0.3) is 0 Å². The summed E-state index contributed by atoms with van der Waals surface area (Å²) in [7, 11) is -0.439. The normalized spacial score (nSPS) is 17.3. The molecule has 0 saturated carbocycles. The molecule has 1 saturated heterocycles. The highest BCUT2D eigenvalue weighted by atomic mass is 35.5. The second-order valence-corrected chi connectivity index (χ2v) is 9.57. The summed E-state index contributed by atoms with van der Waals surface area (Å²) in [5, 5.41) is 0. The number of hydrogen-bond acceptors (Lipinski definition) is 5. The Morgan fingerprint density at radius 1 is 1.26 bits per heavy atom. The van der Waals surface area contributed by atoms with E-state index in [9.17, 15) is 13.2 Å². The lowest BCUT2D eigenvalue weighted by Gasteiger charge is -2.35. The monoisotopic (exact) mass is 380 g/mol. The maximum Gasteiger partial charge on any atom is 0.281 e. The molecule has 0 aliphatic carbocycles. The third kappa shape index (κ3) is 3.85. The summed E-state index contributed by atoms with van der Waals surface area (Å²) in [5.41, 5.74) is 0.388. The molecular weight excluding hydrogens is 360 g/mol. The van der Waals surface area contributed by atoms with E-state index < -0.39 is 10.2 Å². The van der Waals surface area contributed by atoms with Crippen molar-refractivity contribution in [3.05, 3.63) is 15.0 Å². The van der Waals surface area contributed by atoms with E-state index in [1.165, 1.54) is 34.0 Å². The number of hydrogen-bond donors (Lipinski definition) is 0. The Hall–Kier alpha value is -0.740. The van der Waals surface area contributed by atoms with Crippen molar-refractivity contribution >= 4 is 39.1 Å². The summed E-state index contributed by atoms with van der Waals surface area (Å²) in [6, 6.07) is 0. The zero-order valence-corrected chi connectivity index (χ0v) is 16.0. The number of nitrogens with zero attached hydrogens (tertiary/aromatic N) is 4. The minimum absolute atomic E-state index is 0.161. The Morgan fingerprint density at radius 3 is 2.30 bits per heavy atom. The Labute approximate surface area is 146 Å². The Balaban J connectivity index is 2.10. The van der Waals surface area contributed by atoms with Crippen LogP contribution in [0.5, 0.6) is 0 Å². The van der Waals surface area contributed by atoms with Gasteiger partial charge in [-0.25, -0.2) is 4.98 Å². The van der Waals surface area contributed by atoms with Crippen molar-refractivity contribution in [2.24, 2.45) is 0 Å². The van der Waals surface area contributed by atoms with Crippen LogP contribution in [0.4, 0.5) is 0 Å². The van der Waals surface area contributed by atoms with E-state index in [4.69, 9.17) is 11.6 Å². The van der Waals surface area contributed by atoms with Crippen molar-refractivity contribution in [2.75, 3.05) is 40.3 Å². The quantitative estimate of drug-likeness (QED) is 0.793. The molecule has 0 radical (unpaired) electrons. The maximum atomic E-state index is 12.7. The summed E-state index contributed by atoms with van der Waals surface area (Å²) in [5.74, 6) is -0.0203. The maximum absolute atomic E-state index is 12.7. The van der Waals surface area contributed by atoms with Gasteiger partial charge in [0.15, 0.2) is 4.47 Å². The SMILES string of the molecule is CC(C)c1sc(Cl)nc1C(=O)N1CCN(S(=O)(=O)N(C)C)CC1. The van der Waals surface area contributed by atoms with Gasteiger partial charge in [0.1, 0.15) is 5.69 Å². The summed E-state index contributed by atoms with van der Waals surface area (Å²) < 4.78 is 27.1. The van der Waals surface area contributed by atoms with Gasteiger partial charge in [0.2, 0.25) is 0 Å². The predicted octanol–water partition coefficient (Wildman–Crippen LogP) is 1.48. The van der Waals surface area contributed by atoms with Crippen molar-refractivity contribution in [2.45, 2.75) is 19.8 Å². The Bertz CT molecular complexity index is 679. The first-order valence-corrected chi connectivity index (χ1v) is 9.86. The van der Waals surface area contributed by atoms with Gasteiger partial charge in [-0.15, -0.1) is 11.3 Å². The minimum Gasteiger partial charge on any atom is -0.335 e. The molecule has 0 unspecified atom stereocenters. The highest BCUT2D eigenvalue weighted by molar-refractivity contribution is 7.86. The number of carbonyl (C=O) groups excluding carboxylic acids is 1. The number of rotatable bonds is 4. The van der Waals surface area contributed by atoms with Crippen molar-refractivity contribution in [3.8, 4) is 0 Å². The fourth-order valence-corrected chi connectivity index (χ4v) is 4.56. The molecule has 1 fully saturated rings. The van der Waals surface area contributed by atoms with Crippen LogP contribution < -0.4 is 0 Å². The zero-order valence-electron chi connectivity index (χ0n) is 13.6. The number of thiazole rings is 1. The average Bonchev–Trinajstić information content (AvgIpc) is 2.88. The molecule has 130 valence electrons. The van der Waals surface area contributed by atoms with E-state index >= 15 is 0 Å². The van der Waals surface area contributed by atoms with Crippen molar-refractivity contribution in [3.63, 3.8) is 0 Å². The first-order valence-electron chi connectivity index (χ1n) is 7.27. The fraction of sp³-hybridized carbons (Fsp3) is 0.692. The molecule has 2 heterocycles. The van der Waals surface area contributed by atoms with Gasteiger partial charge in [-0.2, -0.15) is 17.0 Å². The van der Waals surface area contributed by atoms with E-state index in [2.05, 4.69) is 4.98 Å². The zero-order chi connectivity index (χ0) is 17.4. The van der Waals surface area contributed by atoms with Gasteiger partial charge >= 0.3 is 0 Å². The van der Waals surface area contributed by atoms with Crippen molar-refractivity contribution < 1.29 is 13.2 Å². The molecule has 10 heteroatoms. The van der Waals surface area contributed by atoms with Gasteiger partial charge in [0.25, 0.3) is 16.1 Å². The van der Waals surface area contributed by atoms with Crippen molar-refractivity contribution in [1.29, 1.82) is 0 Å². The first-order chi connectivity index (χ1) is 10.6. The second-order valence-electron chi connectivity index (χ2n) is 5.82. The highest BCUT2D eigenvalue weighted by Gasteiger charge is 2.32. The number of piperazine rings is 1. The van der Waals surface area contributed by atoms with Gasteiger partial charge in [-0.1, -0.05) is 25.4 Å². The molecule has 7 nitrogen and oxygen atoms in total. The Kier molecular flexibility index (Phi) is 5.68. The molecule has 0 aromatic carbocycles. The van der Waals surface area contributed by atoms with Gasteiger partial charge in [0, 0.05) is 45.2 Å². The van der Waals surface area contributed by atoms with Gasteiger partial charge in [0.05, 0.1) is 0 Å². The molecule has 23 heavy (non-hydrogen) atoms. The first kappa shape index (κ1) is 18.6. The summed E-state index contributed by atoms with van der Waals surface area (Å²) in [6.07, 6.45) is 0. The molecule has 2 rings (SSSR count). The standard InChI is InChI=1S/C13H21ClN4O3S2/c1-9(2)11-10(15-13(14)22-11)12(19)17-5-7-18(8-6-17)23(20,21)16(3)4/h9H,5-8H2,1-4H3. The molecule has 1 aliphatic rings. The lowest BCUT2D eigenvalue weighted by Crippen LogP contribution is -2.53. The molecule has 1 aliphatic heterocycles. The third-order valence-corrected chi connectivity index (χ3v) is 7.07. The predicted molar refractivity (Wildman–Crippen MR) is 91.3 cm³/mol. The van der Waals surface area contributed by atoms with Gasteiger partial charge in [-0.3, -0.25) is 4.79 Å². The van der Waals surface area contributed by atoms with Gasteiger partial charge < -0.3 is 4.90 Å². The largest absolute Gasteiger partial charge is 0.335 e. The molecule has 0 bridgehead atoms. The van der Waals surface area contributed by atoms with E-state index in [1.54, 1.807) is 4.90 Å². The summed E-state index contributed by atoms with van der Waals surface area (Å²) in [4.78, 5) is 19.3. The van der Waals surface area contributed by atoms with E-state index in [1.807, 2.05) is 13.8 Å².